The van der Waals surface area contributed by atoms with Gasteiger partial charge in [0, 0.05) is 18.0 Å². The number of oxime groups is 1. The number of carbonyl (C=O) groups is 1. The summed E-state index contributed by atoms with van der Waals surface area (Å²) in [6, 6.07) is 6.43. The zero-order valence-corrected chi connectivity index (χ0v) is 10.6. The Balaban J connectivity index is 1.72. The Kier molecular flexibility index (Phi) is 2.77. The fourth-order valence-electron chi connectivity index (χ4n) is 2.05. The van der Waals surface area contributed by atoms with Crippen LogP contribution in [0.25, 0.3) is 0 Å². The molecule has 2 aliphatic rings. The monoisotopic (exact) mass is 262 g/mol. The van der Waals surface area contributed by atoms with Gasteiger partial charge in [0.15, 0.2) is 0 Å². The number of nitrogens with one attached hydrogen (secondary N) is 1. The number of benzene rings is 1. The number of halogens is 1. The summed E-state index contributed by atoms with van der Waals surface area (Å²) in [5, 5.41) is 6.85. The van der Waals surface area contributed by atoms with Crippen LogP contribution in [-0.4, -0.2) is 23.3 Å². The molecular formula is C14H15FN2O2. The van der Waals surface area contributed by atoms with Gasteiger partial charge in [-0.2, -0.15) is 0 Å². The minimum Gasteiger partial charge on any atom is -0.379 e. The third-order valence-electron chi connectivity index (χ3n) is 3.41. The quantitative estimate of drug-likeness (QED) is 0.905. The number of amides is 1. The molecule has 1 aliphatic carbocycles. The van der Waals surface area contributed by atoms with Crippen LogP contribution in [0.3, 0.4) is 0 Å². The van der Waals surface area contributed by atoms with Crippen molar-refractivity contribution in [3.63, 3.8) is 0 Å². The van der Waals surface area contributed by atoms with E-state index in [0.717, 1.165) is 12.8 Å². The summed E-state index contributed by atoms with van der Waals surface area (Å²) in [4.78, 5) is 17.4. The van der Waals surface area contributed by atoms with Gasteiger partial charge in [0.05, 0.1) is 5.71 Å². The second-order valence-corrected chi connectivity index (χ2v) is 5.29. The molecule has 5 heteroatoms. The van der Waals surface area contributed by atoms with E-state index in [-0.39, 0.29) is 17.8 Å². The summed E-state index contributed by atoms with van der Waals surface area (Å²) in [6.45, 7) is 1.71. The predicted molar refractivity (Wildman–Crippen MR) is 68.2 cm³/mol. The van der Waals surface area contributed by atoms with E-state index in [9.17, 15) is 9.18 Å². The lowest BCUT2D eigenvalue weighted by Crippen LogP contribution is -2.45. The van der Waals surface area contributed by atoms with Crippen molar-refractivity contribution in [2.45, 2.75) is 37.8 Å². The van der Waals surface area contributed by atoms with Crippen molar-refractivity contribution in [1.82, 2.24) is 5.32 Å². The summed E-state index contributed by atoms with van der Waals surface area (Å²) in [5.74, 6) is -0.471. The van der Waals surface area contributed by atoms with Crippen molar-refractivity contribution in [1.29, 1.82) is 0 Å². The van der Waals surface area contributed by atoms with E-state index in [1.807, 2.05) is 0 Å². The molecule has 0 spiro atoms. The highest BCUT2D eigenvalue weighted by molar-refractivity contribution is 6.05. The summed E-state index contributed by atoms with van der Waals surface area (Å²) in [6.07, 6.45) is 2.41. The molecule has 0 radical (unpaired) electrons. The van der Waals surface area contributed by atoms with E-state index in [1.54, 1.807) is 19.1 Å². The molecule has 3 rings (SSSR count). The molecule has 1 aromatic carbocycles. The molecular weight excluding hydrogens is 247 g/mol. The molecule has 1 amide bonds. The molecule has 0 bridgehead atoms. The van der Waals surface area contributed by atoms with Crippen LogP contribution < -0.4 is 5.32 Å². The van der Waals surface area contributed by atoms with Gasteiger partial charge in [-0.1, -0.05) is 17.3 Å². The molecule has 1 aliphatic heterocycles. The van der Waals surface area contributed by atoms with E-state index in [4.69, 9.17) is 4.84 Å². The Morgan fingerprint density at radius 2 is 2.32 bits per heavy atom. The van der Waals surface area contributed by atoms with E-state index >= 15 is 0 Å². The van der Waals surface area contributed by atoms with Crippen LogP contribution in [0.5, 0.6) is 0 Å². The number of rotatable bonds is 3. The minimum atomic E-state index is -0.982. The van der Waals surface area contributed by atoms with Gasteiger partial charge in [0.1, 0.15) is 5.82 Å². The maximum absolute atomic E-state index is 13.2. The van der Waals surface area contributed by atoms with Gasteiger partial charge < -0.3 is 10.2 Å². The van der Waals surface area contributed by atoms with E-state index in [2.05, 4.69) is 10.5 Å². The van der Waals surface area contributed by atoms with Gasteiger partial charge in [-0.15, -0.1) is 0 Å². The highest BCUT2D eigenvalue weighted by Crippen LogP contribution is 2.29. The molecule has 1 atom stereocenters. The molecule has 1 heterocycles. The Labute approximate surface area is 110 Å². The lowest BCUT2D eigenvalue weighted by Gasteiger charge is -2.20. The third kappa shape index (κ3) is 2.45. The topological polar surface area (TPSA) is 50.7 Å². The van der Waals surface area contributed by atoms with Crippen molar-refractivity contribution in [3.8, 4) is 0 Å². The molecule has 100 valence electrons. The molecule has 0 aromatic heterocycles. The first-order valence-corrected chi connectivity index (χ1v) is 6.39. The molecule has 1 saturated carbocycles. The van der Waals surface area contributed by atoms with Crippen molar-refractivity contribution in [2.75, 3.05) is 0 Å². The average Bonchev–Trinajstić information content (AvgIpc) is 3.10. The number of carbonyl (C=O) groups excluding carboxylic acids is 1. The summed E-state index contributed by atoms with van der Waals surface area (Å²) in [7, 11) is 0. The van der Waals surface area contributed by atoms with Crippen molar-refractivity contribution < 1.29 is 14.0 Å². The second kappa shape index (κ2) is 4.33. The lowest BCUT2D eigenvalue weighted by molar-refractivity contribution is -0.141. The summed E-state index contributed by atoms with van der Waals surface area (Å²) in [5.41, 5.74) is 0.278. The van der Waals surface area contributed by atoms with Gasteiger partial charge in [-0.25, -0.2) is 4.39 Å². The second-order valence-electron chi connectivity index (χ2n) is 5.29. The minimum absolute atomic E-state index is 0.148. The Morgan fingerprint density at radius 3 is 3.00 bits per heavy atom. The summed E-state index contributed by atoms with van der Waals surface area (Å²) < 4.78 is 13.2. The fraction of sp³-hybridized carbons (Fsp3) is 0.429. The van der Waals surface area contributed by atoms with Gasteiger partial charge in [-0.3, -0.25) is 4.79 Å². The highest BCUT2D eigenvalue weighted by atomic mass is 19.1. The largest absolute Gasteiger partial charge is 0.379 e. The van der Waals surface area contributed by atoms with E-state index < -0.39 is 5.60 Å². The normalized spacial score (nSPS) is 25.7. The first-order valence-electron chi connectivity index (χ1n) is 6.39. The van der Waals surface area contributed by atoms with Crippen LogP contribution in [0.2, 0.25) is 0 Å². The number of nitrogens with zero attached hydrogens (tertiary/aromatic N) is 1. The number of hydrogen-bond donors (Lipinski definition) is 1. The zero-order valence-electron chi connectivity index (χ0n) is 10.6. The Morgan fingerprint density at radius 1 is 1.53 bits per heavy atom. The van der Waals surface area contributed by atoms with Gasteiger partial charge in [0.25, 0.3) is 5.91 Å². The molecule has 4 nitrogen and oxygen atoms in total. The highest BCUT2D eigenvalue weighted by Gasteiger charge is 2.43. The molecule has 1 aromatic rings. The molecule has 0 unspecified atom stereocenters. The van der Waals surface area contributed by atoms with Crippen molar-refractivity contribution in [3.05, 3.63) is 35.6 Å². The predicted octanol–water partition coefficient (Wildman–Crippen LogP) is 1.99. The lowest BCUT2D eigenvalue weighted by atomic mass is 9.95. The van der Waals surface area contributed by atoms with Crippen molar-refractivity contribution >= 4 is 11.6 Å². The van der Waals surface area contributed by atoms with Crippen LogP contribution in [-0.2, 0) is 9.63 Å². The van der Waals surface area contributed by atoms with Gasteiger partial charge >= 0.3 is 0 Å². The molecule has 1 fully saturated rings. The smallest absolute Gasteiger partial charge is 0.267 e. The SMILES string of the molecule is C[C@@]1(C(=O)NC2CC2)CC(c2cccc(F)c2)=NO1. The Bertz CT molecular complexity index is 554. The van der Waals surface area contributed by atoms with Gasteiger partial charge in [-0.05, 0) is 31.9 Å². The van der Waals surface area contributed by atoms with Crippen LogP contribution in [0.4, 0.5) is 4.39 Å². The first-order chi connectivity index (χ1) is 9.07. The van der Waals surface area contributed by atoms with Crippen LogP contribution in [0.15, 0.2) is 29.4 Å². The van der Waals surface area contributed by atoms with Gasteiger partial charge in [0.2, 0.25) is 5.60 Å². The average molecular weight is 262 g/mol. The molecule has 0 saturated heterocycles. The summed E-state index contributed by atoms with van der Waals surface area (Å²) >= 11 is 0. The zero-order chi connectivity index (χ0) is 13.5. The maximum Gasteiger partial charge on any atom is 0.267 e. The van der Waals surface area contributed by atoms with E-state index in [0.29, 0.717) is 17.7 Å². The molecule has 19 heavy (non-hydrogen) atoms. The van der Waals surface area contributed by atoms with Crippen LogP contribution in [0.1, 0.15) is 31.7 Å². The van der Waals surface area contributed by atoms with E-state index in [1.165, 1.54) is 12.1 Å². The molecule has 1 N–H and O–H groups in total. The maximum atomic E-state index is 13.2. The first kappa shape index (κ1) is 12.1. The third-order valence-corrected chi connectivity index (χ3v) is 3.41. The fourth-order valence-corrected chi connectivity index (χ4v) is 2.05. The number of hydrogen-bond acceptors (Lipinski definition) is 3. The van der Waals surface area contributed by atoms with Crippen LogP contribution in [0, 0.1) is 5.82 Å². The van der Waals surface area contributed by atoms with Crippen molar-refractivity contribution in [2.24, 2.45) is 5.16 Å². The Hall–Kier alpha value is -1.91. The van der Waals surface area contributed by atoms with Crippen LogP contribution >= 0.6 is 0 Å². The standard InChI is InChI=1S/C14H15FN2O2/c1-14(13(18)16-11-5-6-11)8-12(17-19-14)9-3-2-4-10(15)7-9/h2-4,7,11H,5-6,8H2,1H3,(H,16,18)/t14-/m0/s1.